The monoisotopic (exact) mass is 417 g/mol. The fourth-order valence-corrected chi connectivity index (χ4v) is 3.76. The van der Waals surface area contributed by atoms with Gasteiger partial charge in [-0.1, -0.05) is 6.07 Å². The van der Waals surface area contributed by atoms with Crippen LogP contribution in [-0.2, 0) is 35.2 Å². The Bertz CT molecular complexity index is 444. The molecule has 1 aromatic rings. The van der Waals surface area contributed by atoms with Gasteiger partial charge in [0.25, 0.3) is 0 Å². The lowest BCUT2D eigenvalue weighted by Crippen LogP contribution is -2.13. The molecule has 6 nitrogen and oxygen atoms in total. The van der Waals surface area contributed by atoms with Gasteiger partial charge in [0.05, 0.1) is 77.5 Å². The molecule has 0 spiro atoms. The standard InChI is InChI=1S/C19H31NO5S2/c1-2-18-16-26-14-12-24-10-8-22-6-4-21-5-7-23-9-11-25-13-15-27-17-19(3-1)20-18/h1-3H,4-17H2. The first-order valence-electron chi connectivity index (χ1n) is 9.44. The summed E-state index contributed by atoms with van der Waals surface area (Å²) in [5, 5.41) is 0. The van der Waals surface area contributed by atoms with Gasteiger partial charge in [-0.15, -0.1) is 0 Å². The highest BCUT2D eigenvalue weighted by Gasteiger charge is 2.01. The third-order valence-electron chi connectivity index (χ3n) is 3.60. The van der Waals surface area contributed by atoms with Crippen LogP contribution in [0.15, 0.2) is 18.2 Å². The summed E-state index contributed by atoms with van der Waals surface area (Å²) in [5.41, 5.74) is 2.26. The zero-order chi connectivity index (χ0) is 18.8. The van der Waals surface area contributed by atoms with Gasteiger partial charge in [0, 0.05) is 23.0 Å². The van der Waals surface area contributed by atoms with Crippen LogP contribution >= 0.6 is 23.5 Å². The van der Waals surface area contributed by atoms with Crippen molar-refractivity contribution in [3.8, 4) is 0 Å². The van der Waals surface area contributed by atoms with E-state index in [4.69, 9.17) is 28.7 Å². The fraction of sp³-hybridized carbons (Fsp3) is 0.737. The predicted molar refractivity (Wildman–Crippen MR) is 111 cm³/mol. The number of aromatic nitrogens is 1. The van der Waals surface area contributed by atoms with Crippen molar-refractivity contribution in [1.82, 2.24) is 4.98 Å². The lowest BCUT2D eigenvalue weighted by molar-refractivity contribution is -0.00903. The van der Waals surface area contributed by atoms with Gasteiger partial charge in [-0.2, -0.15) is 23.5 Å². The molecule has 27 heavy (non-hydrogen) atoms. The summed E-state index contributed by atoms with van der Waals surface area (Å²) in [7, 11) is 0. The molecule has 0 saturated heterocycles. The van der Waals surface area contributed by atoms with E-state index in [0.717, 1.165) is 47.6 Å². The van der Waals surface area contributed by atoms with Crippen molar-refractivity contribution >= 4 is 23.5 Å². The maximum absolute atomic E-state index is 5.58. The van der Waals surface area contributed by atoms with Gasteiger partial charge < -0.3 is 23.7 Å². The van der Waals surface area contributed by atoms with Crippen molar-refractivity contribution in [2.75, 3.05) is 77.6 Å². The highest BCUT2D eigenvalue weighted by atomic mass is 32.2. The second-order valence-electron chi connectivity index (χ2n) is 5.79. The Labute approximate surface area is 171 Å². The summed E-state index contributed by atoms with van der Waals surface area (Å²) < 4.78 is 27.6. The number of hydrogen-bond acceptors (Lipinski definition) is 8. The number of fused-ring (bicyclic) bond motifs is 2. The van der Waals surface area contributed by atoms with Gasteiger partial charge in [0.1, 0.15) is 0 Å². The number of thioether (sulfide) groups is 2. The molecule has 1 aliphatic heterocycles. The second kappa shape index (κ2) is 16.6. The van der Waals surface area contributed by atoms with E-state index in [-0.39, 0.29) is 0 Å². The van der Waals surface area contributed by atoms with Gasteiger partial charge in [0.15, 0.2) is 0 Å². The Balaban J connectivity index is 1.67. The molecular formula is C19H31NO5S2. The predicted octanol–water partition coefficient (Wildman–Crippen LogP) is 2.64. The highest BCUT2D eigenvalue weighted by Crippen LogP contribution is 2.14. The molecule has 1 aliphatic rings. The lowest BCUT2D eigenvalue weighted by Gasteiger charge is -2.09. The van der Waals surface area contributed by atoms with Gasteiger partial charge in [-0.3, -0.25) is 4.98 Å². The molecule has 0 fully saturated rings. The van der Waals surface area contributed by atoms with E-state index in [1.54, 1.807) is 0 Å². The van der Waals surface area contributed by atoms with E-state index in [9.17, 15) is 0 Å². The zero-order valence-electron chi connectivity index (χ0n) is 15.9. The van der Waals surface area contributed by atoms with Crippen LogP contribution in [-0.4, -0.2) is 82.6 Å². The van der Waals surface area contributed by atoms with Crippen molar-refractivity contribution in [2.45, 2.75) is 11.5 Å². The molecule has 0 unspecified atom stereocenters. The maximum Gasteiger partial charge on any atom is 0.0701 e. The molecule has 2 heterocycles. The number of rotatable bonds is 0. The molecule has 0 N–H and O–H groups in total. The topological polar surface area (TPSA) is 59.0 Å². The van der Waals surface area contributed by atoms with Crippen LogP contribution < -0.4 is 0 Å². The fourth-order valence-electron chi connectivity index (χ4n) is 2.26. The van der Waals surface area contributed by atoms with E-state index in [1.807, 2.05) is 23.5 Å². The van der Waals surface area contributed by atoms with Crippen molar-refractivity contribution < 1.29 is 23.7 Å². The average Bonchev–Trinajstić information content (AvgIpc) is 2.69. The summed E-state index contributed by atoms with van der Waals surface area (Å²) in [6.07, 6.45) is 0. The Morgan fingerprint density at radius 3 is 1.33 bits per heavy atom. The van der Waals surface area contributed by atoms with Crippen molar-refractivity contribution in [3.05, 3.63) is 29.6 Å². The van der Waals surface area contributed by atoms with Crippen molar-refractivity contribution in [1.29, 1.82) is 0 Å². The second-order valence-corrected chi connectivity index (χ2v) is 8.00. The zero-order valence-corrected chi connectivity index (χ0v) is 17.6. The molecule has 0 saturated carbocycles. The normalized spacial score (nSPS) is 21.2. The molecule has 154 valence electrons. The summed E-state index contributed by atoms with van der Waals surface area (Å²) in [6, 6.07) is 6.27. The minimum Gasteiger partial charge on any atom is -0.378 e. The molecule has 0 aromatic carbocycles. The number of pyridine rings is 1. The SMILES string of the molecule is c1cc2nc(c1)CSCCOCCOCCOCCOCCOCCSC2. The van der Waals surface area contributed by atoms with E-state index >= 15 is 0 Å². The van der Waals surface area contributed by atoms with E-state index in [1.165, 1.54) is 0 Å². The van der Waals surface area contributed by atoms with Crippen LogP contribution in [0.3, 0.4) is 0 Å². The molecule has 0 aliphatic carbocycles. The smallest absolute Gasteiger partial charge is 0.0701 e. The molecule has 1 aromatic heterocycles. The largest absolute Gasteiger partial charge is 0.378 e. The van der Waals surface area contributed by atoms with E-state index in [2.05, 4.69) is 18.2 Å². The molecule has 0 atom stereocenters. The number of hydrogen-bond donors (Lipinski definition) is 0. The summed E-state index contributed by atoms with van der Waals surface area (Å²) in [6.45, 7) is 6.24. The van der Waals surface area contributed by atoms with Gasteiger partial charge in [0.2, 0.25) is 0 Å². The average molecular weight is 418 g/mol. The minimum atomic E-state index is 0.582. The van der Waals surface area contributed by atoms with Crippen LogP contribution in [0, 0.1) is 0 Å². The Morgan fingerprint density at radius 2 is 0.926 bits per heavy atom. The van der Waals surface area contributed by atoms with E-state index < -0.39 is 0 Å². The first kappa shape index (κ1) is 22.9. The van der Waals surface area contributed by atoms with Crippen LogP contribution in [0.2, 0.25) is 0 Å². The lowest BCUT2D eigenvalue weighted by atomic mass is 10.3. The van der Waals surface area contributed by atoms with Gasteiger partial charge >= 0.3 is 0 Å². The number of ether oxygens (including phenoxy) is 5. The highest BCUT2D eigenvalue weighted by molar-refractivity contribution is 7.98. The summed E-state index contributed by atoms with van der Waals surface area (Å²) >= 11 is 3.69. The van der Waals surface area contributed by atoms with Crippen LogP contribution in [0.4, 0.5) is 0 Å². The third kappa shape index (κ3) is 12.7. The Morgan fingerprint density at radius 1 is 0.556 bits per heavy atom. The molecule has 8 heteroatoms. The van der Waals surface area contributed by atoms with Crippen LogP contribution in [0.25, 0.3) is 0 Å². The Kier molecular flexibility index (Phi) is 14.1. The first-order chi connectivity index (χ1) is 13.4. The van der Waals surface area contributed by atoms with Gasteiger partial charge in [-0.25, -0.2) is 0 Å². The molecular weight excluding hydrogens is 386 g/mol. The van der Waals surface area contributed by atoms with Crippen molar-refractivity contribution in [2.24, 2.45) is 0 Å². The Hall–Kier alpha value is -0.350. The molecule has 2 rings (SSSR count). The summed E-state index contributed by atoms with van der Waals surface area (Å²) in [5.74, 6) is 3.75. The van der Waals surface area contributed by atoms with Gasteiger partial charge in [-0.05, 0) is 12.1 Å². The maximum atomic E-state index is 5.58. The molecule has 2 bridgehead atoms. The first-order valence-corrected chi connectivity index (χ1v) is 11.7. The minimum absolute atomic E-state index is 0.582. The summed E-state index contributed by atoms with van der Waals surface area (Å²) in [4.78, 5) is 4.73. The van der Waals surface area contributed by atoms with E-state index in [0.29, 0.717) is 52.9 Å². The molecule has 0 radical (unpaired) electrons. The number of nitrogens with zero attached hydrogens (tertiary/aromatic N) is 1. The quantitative estimate of drug-likeness (QED) is 0.639. The van der Waals surface area contributed by atoms with Crippen molar-refractivity contribution in [3.63, 3.8) is 0 Å². The third-order valence-corrected chi connectivity index (χ3v) is 5.51. The van der Waals surface area contributed by atoms with Crippen LogP contribution in [0.1, 0.15) is 11.4 Å². The molecule has 0 amide bonds. The van der Waals surface area contributed by atoms with Crippen LogP contribution in [0.5, 0.6) is 0 Å².